The lowest BCUT2D eigenvalue weighted by Gasteiger charge is -2.05. The molecule has 0 saturated heterocycles. The lowest BCUT2D eigenvalue weighted by Crippen LogP contribution is -2.14. The van der Waals surface area contributed by atoms with Gasteiger partial charge in [0.1, 0.15) is 0 Å². The number of aryl methyl sites for hydroxylation is 1. The quantitative estimate of drug-likeness (QED) is 0.934. The molecule has 1 N–H and O–H groups in total. The molecule has 0 bridgehead atoms. The number of hydrogen-bond acceptors (Lipinski definition) is 3. The molecule has 4 heteroatoms. The number of rotatable bonds is 4. The Morgan fingerprint density at radius 2 is 2.25 bits per heavy atom. The zero-order valence-electron chi connectivity index (χ0n) is 9.03. The highest BCUT2D eigenvalue weighted by molar-refractivity contribution is 9.10. The van der Waals surface area contributed by atoms with Gasteiger partial charge in [-0.25, -0.2) is 0 Å². The predicted molar refractivity (Wildman–Crippen MR) is 71.5 cm³/mol. The van der Waals surface area contributed by atoms with Crippen LogP contribution in [0.1, 0.15) is 16.1 Å². The van der Waals surface area contributed by atoms with E-state index < -0.39 is 0 Å². The number of halogens is 1. The first kappa shape index (κ1) is 11.8. The molecule has 2 aromatic heterocycles. The van der Waals surface area contributed by atoms with Crippen LogP contribution in [0.2, 0.25) is 0 Å². The number of pyridine rings is 1. The van der Waals surface area contributed by atoms with E-state index in [0.717, 1.165) is 18.8 Å². The summed E-state index contributed by atoms with van der Waals surface area (Å²) in [6, 6.07) is 6.13. The van der Waals surface area contributed by atoms with Crippen molar-refractivity contribution in [1.82, 2.24) is 10.3 Å². The van der Waals surface area contributed by atoms with E-state index in [2.05, 4.69) is 50.7 Å². The van der Waals surface area contributed by atoms with Gasteiger partial charge in [0.25, 0.3) is 0 Å². The van der Waals surface area contributed by atoms with Crippen LogP contribution in [0, 0.1) is 6.92 Å². The topological polar surface area (TPSA) is 24.9 Å². The van der Waals surface area contributed by atoms with Crippen LogP contribution < -0.4 is 5.32 Å². The highest BCUT2D eigenvalue weighted by Crippen LogP contribution is 2.22. The maximum absolute atomic E-state index is 4.35. The van der Waals surface area contributed by atoms with Crippen LogP contribution in [0.15, 0.2) is 34.2 Å². The molecule has 0 spiro atoms. The van der Waals surface area contributed by atoms with Crippen molar-refractivity contribution in [1.29, 1.82) is 0 Å². The van der Waals surface area contributed by atoms with Crippen LogP contribution in [0.3, 0.4) is 0 Å². The Bertz CT molecular complexity index is 468. The fourth-order valence-electron chi connectivity index (χ4n) is 1.45. The van der Waals surface area contributed by atoms with Gasteiger partial charge in [0.15, 0.2) is 0 Å². The number of thiophene rings is 1. The Morgan fingerprint density at radius 3 is 2.94 bits per heavy atom. The summed E-state index contributed by atoms with van der Waals surface area (Å²) < 4.78 is 1.18. The van der Waals surface area contributed by atoms with Crippen LogP contribution in [-0.4, -0.2) is 4.98 Å². The minimum atomic E-state index is 0.816. The number of nitrogens with one attached hydrogen (secondary N) is 1. The third-order valence-corrected chi connectivity index (χ3v) is 4.31. The van der Waals surface area contributed by atoms with E-state index >= 15 is 0 Å². The molecule has 0 aromatic carbocycles. The molecule has 2 heterocycles. The maximum atomic E-state index is 4.35. The Balaban J connectivity index is 1.89. The Labute approximate surface area is 108 Å². The van der Waals surface area contributed by atoms with Crippen molar-refractivity contribution in [3.05, 3.63) is 50.4 Å². The number of nitrogens with zero attached hydrogens (tertiary/aromatic N) is 1. The summed E-state index contributed by atoms with van der Waals surface area (Å²) in [5.74, 6) is 0. The summed E-state index contributed by atoms with van der Waals surface area (Å²) in [5.41, 5.74) is 2.36. The van der Waals surface area contributed by atoms with E-state index in [-0.39, 0.29) is 0 Å². The van der Waals surface area contributed by atoms with Gasteiger partial charge in [0, 0.05) is 28.6 Å². The van der Waals surface area contributed by atoms with E-state index in [1.165, 1.54) is 14.9 Å². The zero-order chi connectivity index (χ0) is 11.4. The van der Waals surface area contributed by atoms with Crippen LogP contribution in [0.4, 0.5) is 0 Å². The van der Waals surface area contributed by atoms with Crippen molar-refractivity contribution in [2.24, 2.45) is 0 Å². The van der Waals surface area contributed by atoms with Gasteiger partial charge < -0.3 is 5.32 Å². The van der Waals surface area contributed by atoms with Crippen molar-refractivity contribution >= 4 is 27.3 Å². The molecule has 0 amide bonds. The predicted octanol–water partition coefficient (Wildman–Crippen LogP) is 3.50. The average molecular weight is 297 g/mol. The van der Waals surface area contributed by atoms with Gasteiger partial charge in [-0.15, -0.1) is 11.3 Å². The minimum Gasteiger partial charge on any atom is -0.306 e. The van der Waals surface area contributed by atoms with E-state index in [1.54, 1.807) is 11.3 Å². The highest BCUT2D eigenvalue weighted by Gasteiger charge is 2.02. The third-order valence-electron chi connectivity index (χ3n) is 2.39. The first-order valence-electron chi connectivity index (χ1n) is 5.10. The Hall–Kier alpha value is -0.710. The summed E-state index contributed by atoms with van der Waals surface area (Å²) >= 11 is 5.28. The fourth-order valence-corrected chi connectivity index (χ4v) is 2.91. The molecule has 0 atom stereocenters. The molecule has 2 rings (SSSR count). The molecular weight excluding hydrogens is 284 g/mol. The molecule has 84 valence electrons. The summed E-state index contributed by atoms with van der Waals surface area (Å²) in [6.07, 6.45) is 1.84. The van der Waals surface area contributed by atoms with E-state index in [0.29, 0.717) is 0 Å². The Kier molecular flexibility index (Phi) is 4.09. The van der Waals surface area contributed by atoms with Gasteiger partial charge in [-0.3, -0.25) is 4.98 Å². The van der Waals surface area contributed by atoms with Crippen LogP contribution >= 0.6 is 27.3 Å². The molecule has 0 aliphatic rings. The summed E-state index contributed by atoms with van der Waals surface area (Å²) in [6.45, 7) is 3.79. The van der Waals surface area contributed by atoms with Crippen molar-refractivity contribution < 1.29 is 0 Å². The van der Waals surface area contributed by atoms with Crippen molar-refractivity contribution in [2.75, 3.05) is 0 Å². The van der Waals surface area contributed by atoms with Gasteiger partial charge in [-0.1, -0.05) is 6.07 Å². The molecule has 0 unspecified atom stereocenters. The molecule has 0 aliphatic heterocycles. The summed E-state index contributed by atoms with van der Waals surface area (Å²) in [5, 5.41) is 5.49. The van der Waals surface area contributed by atoms with Gasteiger partial charge in [-0.05, 0) is 45.9 Å². The zero-order valence-corrected chi connectivity index (χ0v) is 11.4. The second kappa shape index (κ2) is 5.57. The second-order valence-corrected chi connectivity index (χ2v) is 5.42. The monoisotopic (exact) mass is 296 g/mol. The third kappa shape index (κ3) is 2.90. The van der Waals surface area contributed by atoms with Crippen LogP contribution in [0.25, 0.3) is 0 Å². The maximum Gasteiger partial charge on any atom is 0.0570 e. The molecule has 2 aromatic rings. The largest absolute Gasteiger partial charge is 0.306 e. The second-order valence-electron chi connectivity index (χ2n) is 3.56. The van der Waals surface area contributed by atoms with Crippen molar-refractivity contribution in [2.45, 2.75) is 20.0 Å². The molecular formula is C12H13BrN2S. The summed E-state index contributed by atoms with van der Waals surface area (Å²) in [4.78, 5) is 5.68. The Morgan fingerprint density at radius 1 is 1.38 bits per heavy atom. The number of aromatic nitrogens is 1. The molecule has 2 nitrogen and oxygen atoms in total. The van der Waals surface area contributed by atoms with E-state index in [9.17, 15) is 0 Å². The van der Waals surface area contributed by atoms with Crippen LogP contribution in [0.5, 0.6) is 0 Å². The minimum absolute atomic E-state index is 0.816. The molecule has 0 aliphatic carbocycles. The first-order valence-corrected chi connectivity index (χ1v) is 6.77. The van der Waals surface area contributed by atoms with Gasteiger partial charge >= 0.3 is 0 Å². The van der Waals surface area contributed by atoms with Gasteiger partial charge in [0.2, 0.25) is 0 Å². The molecule has 0 saturated carbocycles. The highest BCUT2D eigenvalue weighted by atomic mass is 79.9. The smallest absolute Gasteiger partial charge is 0.0570 e. The lowest BCUT2D eigenvalue weighted by molar-refractivity contribution is 0.681. The molecule has 0 radical (unpaired) electrons. The van der Waals surface area contributed by atoms with Gasteiger partial charge in [-0.2, -0.15) is 0 Å². The summed E-state index contributed by atoms with van der Waals surface area (Å²) in [7, 11) is 0. The number of hydrogen-bond donors (Lipinski definition) is 1. The van der Waals surface area contributed by atoms with Crippen LogP contribution in [-0.2, 0) is 13.1 Å². The van der Waals surface area contributed by atoms with E-state index in [4.69, 9.17) is 0 Å². The standard InChI is InChI=1S/C12H13BrN2S/c1-9-3-2-5-15-11(9)7-14-8-12-10(13)4-6-16-12/h2-6,14H,7-8H2,1H3. The normalized spacial score (nSPS) is 10.6. The molecule has 16 heavy (non-hydrogen) atoms. The van der Waals surface area contributed by atoms with Gasteiger partial charge in [0.05, 0.1) is 5.69 Å². The van der Waals surface area contributed by atoms with Crippen molar-refractivity contribution in [3.8, 4) is 0 Å². The fraction of sp³-hybridized carbons (Fsp3) is 0.250. The molecule has 0 fully saturated rings. The van der Waals surface area contributed by atoms with Crippen molar-refractivity contribution in [3.63, 3.8) is 0 Å². The lowest BCUT2D eigenvalue weighted by atomic mass is 10.2. The first-order chi connectivity index (χ1) is 7.77. The average Bonchev–Trinajstić information content (AvgIpc) is 2.67. The SMILES string of the molecule is Cc1cccnc1CNCc1sccc1Br. The van der Waals surface area contributed by atoms with E-state index in [1.807, 2.05) is 12.3 Å².